The Kier molecular flexibility index (Phi) is 3.25. The van der Waals surface area contributed by atoms with E-state index in [2.05, 4.69) is 20.8 Å². The molecule has 4 heteroatoms. The summed E-state index contributed by atoms with van der Waals surface area (Å²) in [4.78, 5) is 12.4. The monoisotopic (exact) mass is 307 g/mol. The van der Waals surface area contributed by atoms with Crippen molar-refractivity contribution in [2.24, 2.45) is 16.7 Å². The molecule has 1 aromatic rings. The molecular formula is C17H22ClNO2. The largest absolute Gasteiger partial charge is 0.458 e. The second-order valence-corrected chi connectivity index (χ2v) is 7.67. The van der Waals surface area contributed by atoms with E-state index in [1.807, 2.05) is 0 Å². The van der Waals surface area contributed by atoms with E-state index in [0.717, 1.165) is 12.8 Å². The molecule has 0 saturated heterocycles. The molecule has 2 saturated carbocycles. The zero-order valence-electron chi connectivity index (χ0n) is 12.8. The van der Waals surface area contributed by atoms with E-state index in [0.29, 0.717) is 22.2 Å². The molecule has 1 aromatic carbocycles. The first-order valence-corrected chi connectivity index (χ1v) is 7.89. The molecule has 3 atom stereocenters. The maximum Gasteiger partial charge on any atom is 0.340 e. The Bertz CT molecular complexity index is 598. The number of halogens is 1. The molecule has 2 N–H and O–H groups in total. The molecule has 0 spiro atoms. The van der Waals surface area contributed by atoms with Crippen LogP contribution in [-0.2, 0) is 4.74 Å². The first kappa shape index (κ1) is 14.7. The lowest BCUT2D eigenvalue weighted by Gasteiger charge is -2.38. The zero-order valence-corrected chi connectivity index (χ0v) is 13.5. The van der Waals surface area contributed by atoms with Gasteiger partial charge in [-0.05, 0) is 48.8 Å². The van der Waals surface area contributed by atoms with Gasteiger partial charge in [-0.1, -0.05) is 32.4 Å². The summed E-state index contributed by atoms with van der Waals surface area (Å²) in [5.41, 5.74) is 6.92. The van der Waals surface area contributed by atoms with Crippen LogP contribution in [0.5, 0.6) is 0 Å². The number of carbonyl (C=O) groups is 1. The average Bonchev–Trinajstić information content (AvgIpc) is 2.74. The fourth-order valence-corrected chi connectivity index (χ4v) is 4.38. The number of ether oxygens (including phenoxy) is 1. The van der Waals surface area contributed by atoms with Gasteiger partial charge in [0.05, 0.1) is 5.56 Å². The van der Waals surface area contributed by atoms with Gasteiger partial charge in [0, 0.05) is 16.1 Å². The summed E-state index contributed by atoms with van der Waals surface area (Å²) in [7, 11) is 0. The van der Waals surface area contributed by atoms with Gasteiger partial charge in [-0.2, -0.15) is 0 Å². The van der Waals surface area contributed by atoms with Crippen LogP contribution < -0.4 is 5.73 Å². The standard InChI is InChI=1S/C17H22ClNO2/c1-16(2)10-6-7-17(16,3)14(8-10)21-15(20)12-9-11(18)4-5-13(12)19/h4-5,9-10,14H,6-8,19H2,1-3H3. The first-order chi connectivity index (χ1) is 9.75. The topological polar surface area (TPSA) is 52.3 Å². The van der Waals surface area contributed by atoms with Crippen molar-refractivity contribution in [1.82, 2.24) is 0 Å². The van der Waals surface area contributed by atoms with E-state index in [-0.39, 0.29) is 22.9 Å². The summed E-state index contributed by atoms with van der Waals surface area (Å²) in [5, 5.41) is 0.496. The molecule has 3 rings (SSSR count). The van der Waals surface area contributed by atoms with E-state index in [1.54, 1.807) is 18.2 Å². The predicted molar refractivity (Wildman–Crippen MR) is 84.3 cm³/mol. The van der Waals surface area contributed by atoms with E-state index < -0.39 is 0 Å². The Morgan fingerprint density at radius 1 is 1.38 bits per heavy atom. The molecule has 0 aliphatic heterocycles. The fraction of sp³-hybridized carbons (Fsp3) is 0.588. The number of fused-ring (bicyclic) bond motifs is 2. The Morgan fingerprint density at radius 2 is 2.10 bits per heavy atom. The smallest absolute Gasteiger partial charge is 0.340 e. The van der Waals surface area contributed by atoms with Crippen LogP contribution in [0, 0.1) is 16.7 Å². The van der Waals surface area contributed by atoms with Gasteiger partial charge < -0.3 is 10.5 Å². The number of benzene rings is 1. The molecule has 2 aliphatic carbocycles. The first-order valence-electron chi connectivity index (χ1n) is 7.52. The minimum Gasteiger partial charge on any atom is -0.458 e. The molecule has 0 amide bonds. The minimum absolute atomic E-state index is 0.0304. The summed E-state index contributed by atoms with van der Waals surface area (Å²) in [6, 6.07) is 4.90. The van der Waals surface area contributed by atoms with E-state index in [9.17, 15) is 4.79 Å². The molecule has 2 bridgehead atoms. The molecule has 114 valence electrons. The summed E-state index contributed by atoms with van der Waals surface area (Å²) in [6.07, 6.45) is 3.28. The third-order valence-electron chi connectivity index (χ3n) is 6.20. The highest BCUT2D eigenvalue weighted by molar-refractivity contribution is 6.31. The second kappa shape index (κ2) is 4.64. The van der Waals surface area contributed by atoms with Crippen molar-refractivity contribution in [3.8, 4) is 0 Å². The van der Waals surface area contributed by atoms with Gasteiger partial charge in [0.15, 0.2) is 0 Å². The van der Waals surface area contributed by atoms with Gasteiger partial charge in [0.1, 0.15) is 6.10 Å². The van der Waals surface area contributed by atoms with Crippen LogP contribution in [0.25, 0.3) is 0 Å². The van der Waals surface area contributed by atoms with Gasteiger partial charge >= 0.3 is 5.97 Å². The van der Waals surface area contributed by atoms with Crippen LogP contribution in [0.4, 0.5) is 5.69 Å². The Balaban J connectivity index is 1.82. The molecule has 2 aliphatic rings. The quantitative estimate of drug-likeness (QED) is 0.655. The van der Waals surface area contributed by atoms with Crippen molar-refractivity contribution in [2.45, 2.75) is 46.1 Å². The summed E-state index contributed by atoms with van der Waals surface area (Å²) < 4.78 is 5.83. The zero-order chi connectivity index (χ0) is 15.4. The Morgan fingerprint density at radius 3 is 2.67 bits per heavy atom. The normalized spacial score (nSPS) is 33.1. The number of rotatable bonds is 2. The predicted octanol–water partition coefficient (Wildman–Crippen LogP) is 4.29. The Labute approximate surface area is 130 Å². The molecule has 2 fully saturated rings. The van der Waals surface area contributed by atoms with Crippen molar-refractivity contribution >= 4 is 23.3 Å². The second-order valence-electron chi connectivity index (χ2n) is 7.24. The average molecular weight is 308 g/mol. The van der Waals surface area contributed by atoms with Gasteiger partial charge in [-0.25, -0.2) is 4.79 Å². The van der Waals surface area contributed by atoms with E-state index in [1.165, 1.54) is 6.42 Å². The lowest BCUT2D eigenvalue weighted by molar-refractivity contribution is -0.0241. The number of hydrogen-bond acceptors (Lipinski definition) is 3. The molecule has 3 nitrogen and oxygen atoms in total. The third kappa shape index (κ3) is 2.05. The number of carbonyl (C=O) groups excluding carboxylic acids is 1. The van der Waals surface area contributed by atoms with Crippen molar-refractivity contribution < 1.29 is 9.53 Å². The van der Waals surface area contributed by atoms with E-state index in [4.69, 9.17) is 22.1 Å². The van der Waals surface area contributed by atoms with Crippen LogP contribution in [0.2, 0.25) is 5.02 Å². The maximum atomic E-state index is 12.4. The highest BCUT2D eigenvalue weighted by atomic mass is 35.5. The number of esters is 1. The molecule has 0 aromatic heterocycles. The highest BCUT2D eigenvalue weighted by Crippen LogP contribution is 2.66. The number of nitrogens with two attached hydrogens (primary N) is 1. The molecule has 3 unspecified atom stereocenters. The fourth-order valence-electron chi connectivity index (χ4n) is 4.21. The number of nitrogen functional groups attached to an aromatic ring is 1. The Hall–Kier alpha value is -1.22. The summed E-state index contributed by atoms with van der Waals surface area (Å²) in [5.74, 6) is 0.279. The summed E-state index contributed by atoms with van der Waals surface area (Å²) >= 11 is 5.95. The van der Waals surface area contributed by atoms with Crippen molar-refractivity contribution in [1.29, 1.82) is 0 Å². The third-order valence-corrected chi connectivity index (χ3v) is 6.43. The highest BCUT2D eigenvalue weighted by Gasteiger charge is 2.62. The molecule has 21 heavy (non-hydrogen) atoms. The molecule has 0 heterocycles. The van der Waals surface area contributed by atoms with Crippen molar-refractivity contribution in [3.63, 3.8) is 0 Å². The SMILES string of the molecule is CC1(C)C2CCC1(C)C(OC(=O)c1cc(Cl)ccc1N)C2. The van der Waals surface area contributed by atoms with Crippen LogP contribution in [0.1, 0.15) is 50.4 Å². The van der Waals surface area contributed by atoms with Crippen LogP contribution >= 0.6 is 11.6 Å². The summed E-state index contributed by atoms with van der Waals surface area (Å²) in [6.45, 7) is 6.85. The van der Waals surface area contributed by atoms with Gasteiger partial charge in [0.25, 0.3) is 0 Å². The minimum atomic E-state index is -0.357. The van der Waals surface area contributed by atoms with Crippen LogP contribution in [-0.4, -0.2) is 12.1 Å². The lowest BCUT2D eigenvalue weighted by Crippen LogP contribution is -2.38. The van der Waals surface area contributed by atoms with Crippen LogP contribution in [0.15, 0.2) is 18.2 Å². The van der Waals surface area contributed by atoms with Crippen molar-refractivity contribution in [2.75, 3.05) is 5.73 Å². The van der Waals surface area contributed by atoms with Gasteiger partial charge in [0.2, 0.25) is 0 Å². The molecular weight excluding hydrogens is 286 g/mol. The molecule has 0 radical (unpaired) electrons. The maximum absolute atomic E-state index is 12.4. The van der Waals surface area contributed by atoms with Gasteiger partial charge in [-0.3, -0.25) is 0 Å². The lowest BCUT2D eigenvalue weighted by atomic mass is 9.70. The van der Waals surface area contributed by atoms with E-state index >= 15 is 0 Å². The number of anilines is 1. The number of hydrogen-bond donors (Lipinski definition) is 1. The van der Waals surface area contributed by atoms with Crippen molar-refractivity contribution in [3.05, 3.63) is 28.8 Å². The van der Waals surface area contributed by atoms with Crippen LogP contribution in [0.3, 0.4) is 0 Å². The van der Waals surface area contributed by atoms with Gasteiger partial charge in [-0.15, -0.1) is 0 Å².